The molecule has 106 valence electrons. The highest BCUT2D eigenvalue weighted by molar-refractivity contribution is 7.89. The van der Waals surface area contributed by atoms with Crippen molar-refractivity contribution in [2.24, 2.45) is 0 Å². The van der Waals surface area contributed by atoms with E-state index in [9.17, 15) is 13.2 Å². The Bertz CT molecular complexity index is 569. The average Bonchev–Trinajstić information content (AvgIpc) is 2.30. The van der Waals surface area contributed by atoms with Gasteiger partial charge in [-0.3, -0.25) is 0 Å². The fraction of sp³-hybridized carbons (Fsp3) is 0.364. The molecule has 0 aliphatic heterocycles. The van der Waals surface area contributed by atoms with Crippen molar-refractivity contribution in [3.63, 3.8) is 0 Å². The number of sulfonamides is 1. The van der Waals surface area contributed by atoms with Crippen LogP contribution in [0, 0.1) is 0 Å². The molecule has 0 aromatic heterocycles. The van der Waals surface area contributed by atoms with Crippen molar-refractivity contribution in [3.05, 3.63) is 23.8 Å². The topological polar surface area (TPSA) is 113 Å². The molecule has 1 aromatic rings. The number of hydrogen-bond donors (Lipinski definition) is 3. The summed E-state index contributed by atoms with van der Waals surface area (Å²) in [5.41, 5.74) is 6.18. The molecule has 8 heteroatoms. The van der Waals surface area contributed by atoms with Crippen molar-refractivity contribution in [1.29, 1.82) is 0 Å². The van der Waals surface area contributed by atoms with E-state index >= 15 is 0 Å². The van der Waals surface area contributed by atoms with Crippen LogP contribution in [0.15, 0.2) is 18.2 Å². The summed E-state index contributed by atoms with van der Waals surface area (Å²) in [7, 11) is -0.354. The van der Waals surface area contributed by atoms with E-state index in [4.69, 9.17) is 10.8 Å². The third-order valence-corrected chi connectivity index (χ3v) is 4.36. The van der Waals surface area contributed by atoms with Gasteiger partial charge >= 0.3 is 5.97 Å². The fourth-order valence-electron chi connectivity index (χ4n) is 1.36. The molecule has 0 fully saturated rings. The van der Waals surface area contributed by atoms with Crippen LogP contribution in [-0.2, 0) is 10.0 Å². The number of nitrogens with one attached hydrogen (secondary N) is 1. The summed E-state index contributed by atoms with van der Waals surface area (Å²) < 4.78 is 24.2. The first-order chi connectivity index (χ1) is 8.74. The molecule has 0 bridgehead atoms. The summed E-state index contributed by atoms with van der Waals surface area (Å²) in [4.78, 5) is 10.9. The van der Waals surface area contributed by atoms with Crippen LogP contribution >= 0.6 is 0 Å². The van der Waals surface area contributed by atoms with Crippen LogP contribution in [0.3, 0.4) is 0 Å². The molecule has 19 heavy (non-hydrogen) atoms. The van der Waals surface area contributed by atoms with Crippen LogP contribution in [0.1, 0.15) is 10.4 Å². The number of carbonyl (C=O) groups is 1. The number of carboxylic acids is 1. The van der Waals surface area contributed by atoms with Crippen LogP contribution < -0.4 is 11.1 Å². The first-order valence-corrected chi connectivity index (χ1v) is 7.12. The third kappa shape index (κ3) is 4.11. The molecule has 1 rings (SSSR count). The Morgan fingerprint density at radius 2 is 2.05 bits per heavy atom. The summed E-state index contributed by atoms with van der Waals surface area (Å²) in [5, 5.41) is 11.8. The molecule has 0 aliphatic carbocycles. The van der Waals surface area contributed by atoms with Crippen molar-refractivity contribution in [3.8, 4) is 0 Å². The summed E-state index contributed by atoms with van der Waals surface area (Å²) in [6.45, 7) is 0.184. The van der Waals surface area contributed by atoms with E-state index in [1.807, 2.05) is 0 Å². The number of nitrogens with zero attached hydrogens (tertiary/aromatic N) is 1. The first-order valence-electron chi connectivity index (χ1n) is 5.51. The minimum Gasteiger partial charge on any atom is -0.478 e. The van der Waals surface area contributed by atoms with Gasteiger partial charge in [0.15, 0.2) is 0 Å². The molecule has 0 saturated heterocycles. The van der Waals surface area contributed by atoms with Crippen LogP contribution in [0.5, 0.6) is 0 Å². The smallest absolute Gasteiger partial charge is 0.337 e. The molecule has 0 amide bonds. The molecule has 0 saturated carbocycles. The van der Waals surface area contributed by atoms with Crippen molar-refractivity contribution >= 4 is 27.4 Å². The number of aromatic carboxylic acids is 1. The Balaban J connectivity index is 2.70. The van der Waals surface area contributed by atoms with E-state index in [0.29, 0.717) is 5.69 Å². The Labute approximate surface area is 112 Å². The van der Waals surface area contributed by atoms with Gasteiger partial charge in [0, 0.05) is 32.0 Å². The van der Waals surface area contributed by atoms with Gasteiger partial charge in [-0.05, 0) is 18.2 Å². The fourth-order valence-corrected chi connectivity index (χ4v) is 2.08. The van der Waals surface area contributed by atoms with Gasteiger partial charge in [0.1, 0.15) is 0 Å². The number of hydrogen-bond acceptors (Lipinski definition) is 5. The molecule has 0 heterocycles. The number of benzene rings is 1. The molecule has 7 nitrogen and oxygen atoms in total. The van der Waals surface area contributed by atoms with Crippen molar-refractivity contribution < 1.29 is 18.3 Å². The molecule has 0 atom stereocenters. The maximum absolute atomic E-state index is 11.5. The number of anilines is 2. The van der Waals surface area contributed by atoms with Gasteiger partial charge in [0.05, 0.1) is 11.3 Å². The number of nitrogen functional groups attached to an aromatic ring is 1. The predicted octanol–water partition coefficient (Wildman–Crippen LogP) is 0.270. The summed E-state index contributed by atoms with van der Waals surface area (Å²) in [5.74, 6) is -1.20. The third-order valence-electron chi connectivity index (χ3n) is 2.53. The highest BCUT2D eigenvalue weighted by Gasteiger charge is 2.13. The van der Waals surface area contributed by atoms with Crippen LogP contribution in [0.25, 0.3) is 0 Å². The van der Waals surface area contributed by atoms with Crippen molar-refractivity contribution in [1.82, 2.24) is 4.31 Å². The molecule has 0 aliphatic rings. The average molecular weight is 287 g/mol. The maximum Gasteiger partial charge on any atom is 0.337 e. The Morgan fingerprint density at radius 1 is 1.42 bits per heavy atom. The normalized spacial score (nSPS) is 11.5. The minimum atomic E-state index is -3.27. The second-order valence-electron chi connectivity index (χ2n) is 4.13. The zero-order chi connectivity index (χ0) is 14.6. The number of nitrogens with two attached hydrogens (primary N) is 1. The quantitative estimate of drug-likeness (QED) is 0.647. The highest BCUT2D eigenvalue weighted by Crippen LogP contribution is 2.17. The van der Waals surface area contributed by atoms with E-state index in [0.717, 1.165) is 4.31 Å². The lowest BCUT2D eigenvalue weighted by Crippen LogP contribution is -2.28. The zero-order valence-corrected chi connectivity index (χ0v) is 11.6. The van der Waals surface area contributed by atoms with E-state index in [1.165, 1.54) is 26.2 Å². The second-order valence-corrected chi connectivity index (χ2v) is 6.43. The lowest BCUT2D eigenvalue weighted by atomic mass is 10.1. The SMILES string of the molecule is CN(C)S(=O)(=O)CCNc1ccc(N)c(C(=O)O)c1. The Hall–Kier alpha value is -1.80. The van der Waals surface area contributed by atoms with Crippen LogP contribution in [0.2, 0.25) is 0 Å². The van der Waals surface area contributed by atoms with Crippen LogP contribution in [0.4, 0.5) is 11.4 Å². The molecule has 4 N–H and O–H groups in total. The van der Waals surface area contributed by atoms with E-state index in [2.05, 4.69) is 5.32 Å². The van der Waals surface area contributed by atoms with Gasteiger partial charge in [-0.2, -0.15) is 0 Å². The number of carboxylic acid groups (broad SMARTS) is 1. The molecule has 1 aromatic carbocycles. The Morgan fingerprint density at radius 3 is 2.58 bits per heavy atom. The molecule has 0 unspecified atom stereocenters. The largest absolute Gasteiger partial charge is 0.478 e. The molecular formula is C11H17N3O4S. The van der Waals surface area contributed by atoms with Gasteiger partial charge in [0.2, 0.25) is 10.0 Å². The number of rotatable bonds is 6. The van der Waals surface area contributed by atoms with E-state index < -0.39 is 16.0 Å². The van der Waals surface area contributed by atoms with Gasteiger partial charge in [0.25, 0.3) is 0 Å². The second kappa shape index (κ2) is 5.89. The predicted molar refractivity (Wildman–Crippen MR) is 73.8 cm³/mol. The minimum absolute atomic E-state index is 0.0135. The standard InChI is InChI=1S/C11H17N3O4S/c1-14(2)19(17,18)6-5-13-8-3-4-10(12)9(7-8)11(15)16/h3-4,7,13H,5-6,12H2,1-2H3,(H,15,16). The lowest BCUT2D eigenvalue weighted by molar-refractivity contribution is 0.0698. The molecular weight excluding hydrogens is 270 g/mol. The van der Waals surface area contributed by atoms with Gasteiger partial charge in [-0.15, -0.1) is 0 Å². The van der Waals surface area contributed by atoms with Gasteiger partial charge in [-0.1, -0.05) is 0 Å². The molecule has 0 radical (unpaired) electrons. The monoisotopic (exact) mass is 287 g/mol. The van der Waals surface area contributed by atoms with E-state index in [-0.39, 0.29) is 23.5 Å². The summed E-state index contributed by atoms with van der Waals surface area (Å²) >= 11 is 0. The highest BCUT2D eigenvalue weighted by atomic mass is 32.2. The van der Waals surface area contributed by atoms with E-state index in [1.54, 1.807) is 6.07 Å². The van der Waals surface area contributed by atoms with Crippen LogP contribution in [-0.4, -0.2) is 50.2 Å². The van der Waals surface area contributed by atoms with Gasteiger partial charge < -0.3 is 16.2 Å². The lowest BCUT2D eigenvalue weighted by Gasteiger charge is -2.12. The maximum atomic E-state index is 11.5. The van der Waals surface area contributed by atoms with Crippen molar-refractivity contribution in [2.45, 2.75) is 0 Å². The Kier molecular flexibility index (Phi) is 4.73. The summed E-state index contributed by atoms with van der Waals surface area (Å²) in [6, 6.07) is 4.44. The zero-order valence-electron chi connectivity index (χ0n) is 10.8. The van der Waals surface area contributed by atoms with Gasteiger partial charge in [-0.25, -0.2) is 17.5 Å². The van der Waals surface area contributed by atoms with Crippen molar-refractivity contribution in [2.75, 3.05) is 37.4 Å². The molecule has 0 spiro atoms. The summed E-state index contributed by atoms with van der Waals surface area (Å²) in [6.07, 6.45) is 0. The first kappa shape index (κ1) is 15.3.